The van der Waals surface area contributed by atoms with Gasteiger partial charge in [0.05, 0.1) is 0 Å². The van der Waals surface area contributed by atoms with Crippen LogP contribution in [0.1, 0.15) is 30.4 Å². The van der Waals surface area contributed by atoms with Crippen molar-refractivity contribution in [1.82, 2.24) is 19.5 Å². The number of aromatic nitrogens is 3. The van der Waals surface area contributed by atoms with Crippen LogP contribution in [-0.2, 0) is 11.3 Å². The molecule has 3 heterocycles. The van der Waals surface area contributed by atoms with Crippen LogP contribution in [0.3, 0.4) is 0 Å². The van der Waals surface area contributed by atoms with Crippen LogP contribution in [-0.4, -0.2) is 43.2 Å². The fourth-order valence-electron chi connectivity index (χ4n) is 5.59. The Bertz CT molecular complexity index is 1590. The predicted molar refractivity (Wildman–Crippen MR) is 150 cm³/mol. The van der Waals surface area contributed by atoms with Crippen LogP contribution >= 0.6 is 0 Å². The van der Waals surface area contributed by atoms with Crippen molar-refractivity contribution in [3.8, 4) is 33.6 Å². The first-order valence-electron chi connectivity index (χ1n) is 13.1. The second-order valence-corrected chi connectivity index (χ2v) is 10.0. The number of carboxylic acid groups (broad SMARTS) is 1. The summed E-state index contributed by atoms with van der Waals surface area (Å²) < 4.78 is 2.01. The van der Waals surface area contributed by atoms with Gasteiger partial charge >= 0.3 is 5.97 Å². The van der Waals surface area contributed by atoms with Gasteiger partial charge in [-0.3, -0.25) is 14.1 Å². The lowest BCUT2D eigenvalue weighted by Crippen LogP contribution is -2.43. The first-order chi connectivity index (χ1) is 18.6. The fourth-order valence-corrected chi connectivity index (χ4v) is 5.59. The highest BCUT2D eigenvalue weighted by atomic mass is 16.4. The molecule has 1 aliphatic rings. The highest BCUT2D eigenvalue weighted by Gasteiger charge is 2.28. The molecule has 1 atom stereocenters. The van der Waals surface area contributed by atoms with Gasteiger partial charge in [-0.1, -0.05) is 79.2 Å². The van der Waals surface area contributed by atoms with Crippen molar-refractivity contribution in [2.75, 3.05) is 6.54 Å². The van der Waals surface area contributed by atoms with E-state index in [1.165, 1.54) is 22.3 Å². The van der Waals surface area contributed by atoms with E-state index in [2.05, 4.69) is 88.8 Å². The maximum absolute atomic E-state index is 11.6. The third-order valence-electron chi connectivity index (χ3n) is 7.64. The Kier molecular flexibility index (Phi) is 6.48. The largest absolute Gasteiger partial charge is 0.480 e. The molecule has 0 saturated carbocycles. The number of rotatable bonds is 6. The van der Waals surface area contributed by atoms with Crippen LogP contribution in [0, 0.1) is 6.92 Å². The van der Waals surface area contributed by atoms with E-state index < -0.39 is 12.0 Å². The molecule has 0 spiro atoms. The van der Waals surface area contributed by atoms with Crippen molar-refractivity contribution in [3.05, 3.63) is 102 Å². The molecule has 5 aromatic rings. The second kappa shape index (κ2) is 10.2. The van der Waals surface area contributed by atoms with E-state index in [1.54, 1.807) is 0 Å². The molecule has 1 aliphatic heterocycles. The number of fused-ring (bicyclic) bond motifs is 1. The number of piperidine rings is 1. The lowest BCUT2D eigenvalue weighted by atomic mass is 9.93. The number of nitrogens with zero attached hydrogens (tertiary/aromatic N) is 4. The number of pyridine rings is 1. The number of hydrogen-bond donors (Lipinski definition) is 1. The van der Waals surface area contributed by atoms with Gasteiger partial charge in [0, 0.05) is 18.3 Å². The predicted octanol–water partition coefficient (Wildman–Crippen LogP) is 6.48. The maximum atomic E-state index is 11.6. The molecule has 1 fully saturated rings. The lowest BCUT2D eigenvalue weighted by Gasteiger charge is -2.32. The Labute approximate surface area is 222 Å². The van der Waals surface area contributed by atoms with Crippen LogP contribution < -0.4 is 0 Å². The van der Waals surface area contributed by atoms with Crippen LogP contribution in [0.15, 0.2) is 91.1 Å². The van der Waals surface area contributed by atoms with Crippen molar-refractivity contribution in [3.63, 3.8) is 0 Å². The van der Waals surface area contributed by atoms with E-state index in [9.17, 15) is 9.90 Å². The third-order valence-corrected chi connectivity index (χ3v) is 7.64. The Morgan fingerprint density at radius 1 is 0.868 bits per heavy atom. The van der Waals surface area contributed by atoms with Gasteiger partial charge in [-0.05, 0) is 71.8 Å². The molecule has 38 heavy (non-hydrogen) atoms. The van der Waals surface area contributed by atoms with E-state index in [0.29, 0.717) is 6.54 Å². The van der Waals surface area contributed by atoms with E-state index in [1.807, 2.05) is 28.8 Å². The SMILES string of the molecule is Cc1c(-c2ccccc2)cccc1-c1ccn2c(-c3ccc(CN4CCCCC4C(=O)O)cc3)nnc2c1. The number of benzene rings is 3. The van der Waals surface area contributed by atoms with Crippen molar-refractivity contribution in [1.29, 1.82) is 0 Å². The zero-order valence-electron chi connectivity index (χ0n) is 21.4. The van der Waals surface area contributed by atoms with Gasteiger partial charge in [-0.2, -0.15) is 0 Å². The summed E-state index contributed by atoms with van der Waals surface area (Å²) in [6.45, 7) is 3.63. The second-order valence-electron chi connectivity index (χ2n) is 10.0. The Hall–Kier alpha value is -4.29. The standard InChI is InChI=1S/C32H30N4O2/c1-22-27(24-8-3-2-4-9-24)10-7-11-28(22)26-17-19-36-30(20-26)33-34-31(36)25-15-13-23(14-16-25)21-35-18-6-5-12-29(35)32(37)38/h2-4,7-11,13-17,19-20,29H,5-6,12,18,21H2,1H3,(H,37,38). The van der Waals surface area contributed by atoms with Gasteiger partial charge in [-0.25, -0.2) is 0 Å². The normalized spacial score (nSPS) is 16.1. The van der Waals surface area contributed by atoms with Gasteiger partial charge in [-0.15, -0.1) is 10.2 Å². The highest BCUT2D eigenvalue weighted by Crippen LogP contribution is 2.32. The zero-order chi connectivity index (χ0) is 26.1. The molecular weight excluding hydrogens is 472 g/mol. The van der Waals surface area contributed by atoms with Crippen LogP contribution in [0.4, 0.5) is 0 Å². The molecule has 0 amide bonds. The molecular formula is C32H30N4O2. The smallest absolute Gasteiger partial charge is 0.320 e. The van der Waals surface area contributed by atoms with Crippen molar-refractivity contribution < 1.29 is 9.90 Å². The van der Waals surface area contributed by atoms with Crippen molar-refractivity contribution in [2.24, 2.45) is 0 Å². The maximum Gasteiger partial charge on any atom is 0.320 e. The number of carbonyl (C=O) groups is 1. The summed E-state index contributed by atoms with van der Waals surface area (Å²) in [6, 6.07) is 28.9. The van der Waals surface area contributed by atoms with Crippen molar-refractivity contribution >= 4 is 11.6 Å². The first-order valence-corrected chi connectivity index (χ1v) is 13.1. The van der Waals surface area contributed by atoms with Crippen LogP contribution in [0.5, 0.6) is 0 Å². The molecule has 1 N–H and O–H groups in total. The molecule has 3 aromatic carbocycles. The van der Waals surface area contributed by atoms with Crippen molar-refractivity contribution in [2.45, 2.75) is 38.8 Å². The van der Waals surface area contributed by atoms with Gasteiger partial charge in [0.1, 0.15) is 6.04 Å². The average molecular weight is 503 g/mol. The first kappa shape index (κ1) is 24.1. The molecule has 1 saturated heterocycles. The average Bonchev–Trinajstić information content (AvgIpc) is 3.38. The molecule has 2 aromatic heterocycles. The molecule has 190 valence electrons. The number of hydrogen-bond acceptors (Lipinski definition) is 4. The molecule has 6 heteroatoms. The van der Waals surface area contributed by atoms with Crippen LogP contribution in [0.2, 0.25) is 0 Å². The molecule has 0 bridgehead atoms. The van der Waals surface area contributed by atoms with Gasteiger partial charge < -0.3 is 5.11 Å². The third kappa shape index (κ3) is 4.59. The van der Waals surface area contributed by atoms with E-state index >= 15 is 0 Å². The molecule has 6 rings (SSSR count). The van der Waals surface area contributed by atoms with Gasteiger partial charge in [0.25, 0.3) is 0 Å². The summed E-state index contributed by atoms with van der Waals surface area (Å²) in [7, 11) is 0. The van der Waals surface area contributed by atoms with Gasteiger partial charge in [0.2, 0.25) is 0 Å². The Morgan fingerprint density at radius 2 is 1.63 bits per heavy atom. The minimum Gasteiger partial charge on any atom is -0.480 e. The number of carboxylic acids is 1. The van der Waals surface area contributed by atoms with E-state index in [-0.39, 0.29) is 0 Å². The zero-order valence-corrected chi connectivity index (χ0v) is 21.4. The fraction of sp³-hybridized carbons (Fsp3) is 0.219. The quantitative estimate of drug-likeness (QED) is 0.288. The van der Waals surface area contributed by atoms with E-state index in [4.69, 9.17) is 0 Å². The Balaban J connectivity index is 1.26. The topological polar surface area (TPSA) is 70.7 Å². The van der Waals surface area contributed by atoms with Crippen LogP contribution in [0.25, 0.3) is 39.3 Å². The lowest BCUT2D eigenvalue weighted by molar-refractivity contribution is -0.144. The Morgan fingerprint density at radius 3 is 2.39 bits per heavy atom. The minimum absolute atomic E-state index is 0.393. The number of likely N-dealkylation sites (tertiary alicyclic amines) is 1. The monoisotopic (exact) mass is 502 g/mol. The number of aliphatic carboxylic acids is 1. The molecule has 6 nitrogen and oxygen atoms in total. The molecule has 1 unspecified atom stereocenters. The summed E-state index contributed by atoms with van der Waals surface area (Å²) >= 11 is 0. The molecule has 0 radical (unpaired) electrons. The van der Waals surface area contributed by atoms with Gasteiger partial charge in [0.15, 0.2) is 11.5 Å². The van der Waals surface area contributed by atoms with E-state index in [0.717, 1.165) is 54.0 Å². The summed E-state index contributed by atoms with van der Waals surface area (Å²) in [6.07, 6.45) is 4.78. The highest BCUT2D eigenvalue weighted by molar-refractivity contribution is 5.79. The summed E-state index contributed by atoms with van der Waals surface area (Å²) in [5.74, 6) is 0.0619. The minimum atomic E-state index is -0.724. The summed E-state index contributed by atoms with van der Waals surface area (Å²) in [4.78, 5) is 13.7. The molecule has 0 aliphatic carbocycles. The summed E-state index contributed by atoms with van der Waals surface area (Å²) in [5, 5.41) is 18.5. The summed E-state index contributed by atoms with van der Waals surface area (Å²) in [5.41, 5.74) is 8.83.